The van der Waals surface area contributed by atoms with Crippen molar-refractivity contribution in [3.05, 3.63) is 35.4 Å². The summed E-state index contributed by atoms with van der Waals surface area (Å²) in [7, 11) is 0. The molecule has 1 aliphatic rings. The van der Waals surface area contributed by atoms with Crippen LogP contribution in [0.3, 0.4) is 0 Å². The summed E-state index contributed by atoms with van der Waals surface area (Å²) in [5, 5.41) is 0. The molecule has 1 aromatic rings. The van der Waals surface area contributed by atoms with Crippen molar-refractivity contribution in [2.75, 3.05) is 19.6 Å². The average Bonchev–Trinajstić information content (AvgIpc) is 2.92. The van der Waals surface area contributed by atoms with Gasteiger partial charge in [0.15, 0.2) is 0 Å². The van der Waals surface area contributed by atoms with Gasteiger partial charge in [-0.1, -0.05) is 45.0 Å². The number of rotatable bonds is 4. The molecule has 2 rings (SSSR count). The Labute approximate surface area is 124 Å². The van der Waals surface area contributed by atoms with E-state index in [9.17, 15) is 0 Å². The molecule has 0 amide bonds. The third-order valence-electron chi connectivity index (χ3n) is 4.71. The van der Waals surface area contributed by atoms with Gasteiger partial charge in [-0.3, -0.25) is 4.90 Å². The maximum Gasteiger partial charge on any atom is 0.0343 e. The Balaban J connectivity index is 2.11. The lowest BCUT2D eigenvalue weighted by atomic mass is 9.85. The normalized spacial score (nSPS) is 20.1. The summed E-state index contributed by atoms with van der Waals surface area (Å²) in [6, 6.07) is 9.11. The van der Waals surface area contributed by atoms with Crippen LogP contribution in [0.4, 0.5) is 0 Å². The van der Waals surface area contributed by atoms with Crippen molar-refractivity contribution in [2.24, 2.45) is 5.73 Å². The summed E-state index contributed by atoms with van der Waals surface area (Å²) >= 11 is 0. The van der Waals surface area contributed by atoms with Gasteiger partial charge in [-0.05, 0) is 55.8 Å². The Bertz CT molecular complexity index is 424. The lowest BCUT2D eigenvalue weighted by Gasteiger charge is -2.38. The van der Waals surface area contributed by atoms with E-state index in [1.807, 2.05) is 0 Å². The van der Waals surface area contributed by atoms with Crippen LogP contribution in [0.2, 0.25) is 0 Å². The second-order valence-corrected chi connectivity index (χ2v) is 7.52. The summed E-state index contributed by atoms with van der Waals surface area (Å²) in [4.78, 5) is 2.57. The van der Waals surface area contributed by atoms with E-state index in [2.05, 4.69) is 56.9 Å². The zero-order chi connectivity index (χ0) is 14.8. The highest BCUT2D eigenvalue weighted by Crippen LogP contribution is 2.27. The van der Waals surface area contributed by atoms with Crippen LogP contribution in [0.25, 0.3) is 0 Å². The summed E-state index contributed by atoms with van der Waals surface area (Å²) in [6.45, 7) is 12.2. The van der Waals surface area contributed by atoms with Crippen molar-refractivity contribution in [3.8, 4) is 0 Å². The quantitative estimate of drug-likeness (QED) is 0.912. The molecule has 0 bridgehead atoms. The average molecular weight is 274 g/mol. The maximum atomic E-state index is 6.09. The minimum atomic E-state index is 0.111. The molecular weight excluding hydrogens is 244 g/mol. The van der Waals surface area contributed by atoms with Crippen LogP contribution < -0.4 is 5.73 Å². The Hall–Kier alpha value is -0.860. The molecule has 0 aliphatic carbocycles. The van der Waals surface area contributed by atoms with E-state index in [1.165, 1.54) is 37.1 Å². The third-order valence-corrected chi connectivity index (χ3v) is 4.71. The SMILES string of the molecule is CC(C)(C)c1ccc(CC(C)(CN)N2CCCC2)cc1. The van der Waals surface area contributed by atoms with Crippen molar-refractivity contribution < 1.29 is 0 Å². The topological polar surface area (TPSA) is 29.3 Å². The van der Waals surface area contributed by atoms with Gasteiger partial charge in [0.25, 0.3) is 0 Å². The van der Waals surface area contributed by atoms with Gasteiger partial charge >= 0.3 is 0 Å². The number of hydrogen-bond acceptors (Lipinski definition) is 2. The number of nitrogens with two attached hydrogens (primary N) is 1. The maximum absolute atomic E-state index is 6.09. The molecule has 1 aromatic carbocycles. The lowest BCUT2D eigenvalue weighted by Crippen LogP contribution is -2.51. The van der Waals surface area contributed by atoms with Crippen LogP contribution in [0.1, 0.15) is 51.7 Å². The first-order valence-electron chi connectivity index (χ1n) is 7.90. The van der Waals surface area contributed by atoms with Crippen LogP contribution in [0, 0.1) is 0 Å². The highest BCUT2D eigenvalue weighted by Gasteiger charge is 2.32. The Kier molecular flexibility index (Phi) is 4.55. The molecule has 1 fully saturated rings. The van der Waals surface area contributed by atoms with Gasteiger partial charge < -0.3 is 5.73 Å². The standard InChI is InChI=1S/C18H30N2/c1-17(2,3)16-9-7-15(8-10-16)13-18(4,14-19)20-11-5-6-12-20/h7-10H,5-6,11-14,19H2,1-4H3. The van der Waals surface area contributed by atoms with Crippen LogP contribution in [0.5, 0.6) is 0 Å². The van der Waals surface area contributed by atoms with Gasteiger partial charge in [0.1, 0.15) is 0 Å². The monoisotopic (exact) mass is 274 g/mol. The third kappa shape index (κ3) is 3.42. The summed E-state index contributed by atoms with van der Waals surface area (Å²) < 4.78 is 0. The van der Waals surface area contributed by atoms with E-state index < -0.39 is 0 Å². The summed E-state index contributed by atoms with van der Waals surface area (Å²) in [6.07, 6.45) is 3.69. The van der Waals surface area contributed by atoms with Gasteiger partial charge in [-0.25, -0.2) is 0 Å². The van der Waals surface area contributed by atoms with Crippen molar-refractivity contribution in [1.82, 2.24) is 4.90 Å². The van der Waals surface area contributed by atoms with Crippen LogP contribution >= 0.6 is 0 Å². The molecule has 112 valence electrons. The molecule has 2 nitrogen and oxygen atoms in total. The smallest absolute Gasteiger partial charge is 0.0343 e. The first-order chi connectivity index (χ1) is 9.35. The molecule has 2 heteroatoms. The van der Waals surface area contributed by atoms with E-state index in [0.717, 1.165) is 13.0 Å². The first kappa shape index (κ1) is 15.5. The molecule has 1 atom stereocenters. The van der Waals surface area contributed by atoms with Gasteiger partial charge in [-0.2, -0.15) is 0 Å². The number of hydrogen-bond donors (Lipinski definition) is 1. The molecule has 1 aliphatic heterocycles. The van der Waals surface area contributed by atoms with Crippen LogP contribution in [-0.4, -0.2) is 30.1 Å². The van der Waals surface area contributed by atoms with E-state index in [4.69, 9.17) is 5.73 Å². The number of likely N-dealkylation sites (tertiary alicyclic amines) is 1. The molecular formula is C18H30N2. The van der Waals surface area contributed by atoms with Gasteiger partial charge in [0, 0.05) is 12.1 Å². The fourth-order valence-electron chi connectivity index (χ4n) is 3.13. The van der Waals surface area contributed by atoms with Crippen molar-refractivity contribution >= 4 is 0 Å². The van der Waals surface area contributed by atoms with E-state index >= 15 is 0 Å². The fourth-order valence-corrected chi connectivity index (χ4v) is 3.13. The molecule has 1 saturated heterocycles. The molecule has 0 aromatic heterocycles. The minimum absolute atomic E-state index is 0.111. The van der Waals surface area contributed by atoms with Gasteiger partial charge in [0.05, 0.1) is 0 Å². The molecule has 0 saturated carbocycles. The predicted molar refractivity (Wildman–Crippen MR) is 87.1 cm³/mol. The number of benzene rings is 1. The molecule has 20 heavy (non-hydrogen) atoms. The van der Waals surface area contributed by atoms with Crippen molar-refractivity contribution in [2.45, 2.75) is 57.9 Å². The molecule has 1 heterocycles. The predicted octanol–water partition coefficient (Wildman–Crippen LogP) is 3.34. The zero-order valence-electron chi connectivity index (χ0n) is 13.6. The summed E-state index contributed by atoms with van der Waals surface area (Å²) in [5.41, 5.74) is 9.23. The molecule has 1 unspecified atom stereocenters. The second kappa shape index (κ2) is 5.87. The molecule has 2 N–H and O–H groups in total. The van der Waals surface area contributed by atoms with E-state index in [0.29, 0.717) is 0 Å². The first-order valence-corrected chi connectivity index (χ1v) is 7.90. The van der Waals surface area contributed by atoms with E-state index in [1.54, 1.807) is 0 Å². The zero-order valence-corrected chi connectivity index (χ0v) is 13.6. The molecule has 0 spiro atoms. The van der Waals surface area contributed by atoms with Crippen molar-refractivity contribution in [3.63, 3.8) is 0 Å². The minimum Gasteiger partial charge on any atom is -0.329 e. The van der Waals surface area contributed by atoms with E-state index in [-0.39, 0.29) is 11.0 Å². The van der Waals surface area contributed by atoms with Gasteiger partial charge in [0.2, 0.25) is 0 Å². The Morgan fingerprint density at radius 2 is 1.55 bits per heavy atom. The lowest BCUT2D eigenvalue weighted by molar-refractivity contribution is 0.143. The molecule has 0 radical (unpaired) electrons. The Morgan fingerprint density at radius 1 is 1.00 bits per heavy atom. The van der Waals surface area contributed by atoms with Crippen molar-refractivity contribution in [1.29, 1.82) is 0 Å². The summed E-state index contributed by atoms with van der Waals surface area (Å²) in [5.74, 6) is 0. The second-order valence-electron chi connectivity index (χ2n) is 7.52. The Morgan fingerprint density at radius 3 is 2.00 bits per heavy atom. The fraction of sp³-hybridized carbons (Fsp3) is 0.667. The van der Waals surface area contributed by atoms with Crippen LogP contribution in [-0.2, 0) is 11.8 Å². The largest absolute Gasteiger partial charge is 0.329 e. The van der Waals surface area contributed by atoms with Crippen LogP contribution in [0.15, 0.2) is 24.3 Å². The number of nitrogens with zero attached hydrogens (tertiary/aromatic N) is 1. The highest BCUT2D eigenvalue weighted by molar-refractivity contribution is 5.28. The highest BCUT2D eigenvalue weighted by atomic mass is 15.2. The van der Waals surface area contributed by atoms with Gasteiger partial charge in [-0.15, -0.1) is 0 Å².